The highest BCUT2D eigenvalue weighted by molar-refractivity contribution is 9.11. The number of halogens is 1. The molecular formula is C13H15BrN4O2S. The molecule has 2 rings (SSSR count). The maximum atomic E-state index is 11.0. The first-order valence-corrected chi connectivity index (χ1v) is 8.08. The van der Waals surface area contributed by atoms with Gasteiger partial charge < -0.3 is 10.6 Å². The van der Waals surface area contributed by atoms with Gasteiger partial charge >= 0.3 is 0 Å². The van der Waals surface area contributed by atoms with Crippen molar-refractivity contribution in [2.45, 2.75) is 19.9 Å². The number of rotatable bonds is 7. The Labute approximate surface area is 134 Å². The van der Waals surface area contributed by atoms with Crippen molar-refractivity contribution in [3.63, 3.8) is 0 Å². The van der Waals surface area contributed by atoms with Gasteiger partial charge in [-0.15, -0.1) is 11.3 Å². The Kier molecular flexibility index (Phi) is 5.51. The molecule has 2 heterocycles. The van der Waals surface area contributed by atoms with Gasteiger partial charge in [-0.2, -0.15) is 0 Å². The normalized spacial score (nSPS) is 10.4. The van der Waals surface area contributed by atoms with Crippen LogP contribution in [0.1, 0.15) is 18.2 Å². The maximum Gasteiger partial charge on any atom is 0.276 e. The first kappa shape index (κ1) is 15.7. The molecule has 6 nitrogen and oxygen atoms in total. The first-order chi connectivity index (χ1) is 10.1. The molecule has 21 heavy (non-hydrogen) atoms. The van der Waals surface area contributed by atoms with Crippen molar-refractivity contribution in [3.05, 3.63) is 43.0 Å². The topological polar surface area (TPSA) is 80.1 Å². The van der Waals surface area contributed by atoms with E-state index in [4.69, 9.17) is 0 Å². The van der Waals surface area contributed by atoms with Gasteiger partial charge in [0.1, 0.15) is 11.6 Å². The second kappa shape index (κ2) is 7.37. The molecule has 0 aliphatic rings. The fraction of sp³-hybridized carbons (Fsp3) is 0.308. The second-order valence-electron chi connectivity index (χ2n) is 4.34. The van der Waals surface area contributed by atoms with Crippen molar-refractivity contribution in [1.82, 2.24) is 4.98 Å². The van der Waals surface area contributed by atoms with Crippen molar-refractivity contribution < 1.29 is 4.92 Å². The van der Waals surface area contributed by atoms with E-state index < -0.39 is 4.92 Å². The number of hydrogen-bond acceptors (Lipinski definition) is 6. The number of hydrogen-bond donors (Lipinski definition) is 2. The highest BCUT2D eigenvalue weighted by Crippen LogP contribution is 2.24. The van der Waals surface area contributed by atoms with Crippen LogP contribution in [0.2, 0.25) is 0 Å². The van der Waals surface area contributed by atoms with Crippen LogP contribution in [0.25, 0.3) is 0 Å². The van der Waals surface area contributed by atoms with Crippen LogP contribution in [0, 0.1) is 10.1 Å². The van der Waals surface area contributed by atoms with Crippen molar-refractivity contribution in [1.29, 1.82) is 0 Å². The van der Waals surface area contributed by atoms with Crippen molar-refractivity contribution >= 4 is 44.6 Å². The highest BCUT2D eigenvalue weighted by atomic mass is 79.9. The molecule has 2 aromatic rings. The molecule has 0 bridgehead atoms. The minimum absolute atomic E-state index is 0.0264. The number of pyridine rings is 1. The predicted molar refractivity (Wildman–Crippen MR) is 89.0 cm³/mol. The lowest BCUT2D eigenvalue weighted by Crippen LogP contribution is -2.06. The van der Waals surface area contributed by atoms with Gasteiger partial charge in [0.25, 0.3) is 5.69 Å². The number of nitrogens with zero attached hydrogens (tertiary/aromatic N) is 2. The summed E-state index contributed by atoms with van der Waals surface area (Å²) in [6.07, 6.45) is 0.927. The zero-order valence-electron chi connectivity index (χ0n) is 11.4. The minimum Gasteiger partial charge on any atom is -0.370 e. The Bertz CT molecular complexity index is 632. The molecule has 0 amide bonds. The average molecular weight is 371 g/mol. The van der Waals surface area contributed by atoms with Crippen LogP contribution in [0.15, 0.2) is 28.1 Å². The number of aromatic nitrogens is 1. The standard InChI is InChI=1S/C13H15BrN4O2S/c1-2-5-15-12-6-9(18(19)20)7-13(17-12)16-8-10-3-4-11(14)21-10/h3-4,6-7H,2,5,8H2,1H3,(H2,15,16,17). The molecule has 0 atom stereocenters. The third-order valence-corrected chi connectivity index (χ3v) is 4.27. The number of nitrogens with one attached hydrogen (secondary N) is 2. The van der Waals surface area contributed by atoms with Crippen LogP contribution in [0.4, 0.5) is 17.3 Å². The Morgan fingerprint density at radius 2 is 2.05 bits per heavy atom. The van der Waals surface area contributed by atoms with Gasteiger partial charge in [0.05, 0.1) is 27.4 Å². The number of anilines is 2. The molecule has 0 saturated heterocycles. The lowest BCUT2D eigenvalue weighted by molar-refractivity contribution is -0.384. The Morgan fingerprint density at radius 3 is 2.62 bits per heavy atom. The fourth-order valence-corrected chi connectivity index (χ4v) is 3.10. The van der Waals surface area contributed by atoms with E-state index in [2.05, 4.69) is 31.5 Å². The van der Waals surface area contributed by atoms with Gasteiger partial charge in [0, 0.05) is 11.4 Å². The third-order valence-electron chi connectivity index (χ3n) is 2.65. The molecule has 0 spiro atoms. The van der Waals surface area contributed by atoms with Gasteiger partial charge in [-0.05, 0) is 34.5 Å². The maximum absolute atomic E-state index is 11.0. The van der Waals surface area contributed by atoms with E-state index in [0.717, 1.165) is 21.6 Å². The summed E-state index contributed by atoms with van der Waals surface area (Å²) < 4.78 is 1.05. The summed E-state index contributed by atoms with van der Waals surface area (Å²) in [6, 6.07) is 6.86. The van der Waals surface area contributed by atoms with E-state index >= 15 is 0 Å². The Balaban J connectivity index is 2.12. The molecule has 0 saturated carbocycles. The molecule has 112 valence electrons. The smallest absolute Gasteiger partial charge is 0.276 e. The number of nitro groups is 1. The molecule has 0 radical (unpaired) electrons. The summed E-state index contributed by atoms with van der Waals surface area (Å²) in [6.45, 7) is 3.33. The van der Waals surface area contributed by atoms with E-state index in [1.54, 1.807) is 11.3 Å². The predicted octanol–water partition coefficient (Wildman–Crippen LogP) is 4.25. The lowest BCUT2D eigenvalue weighted by atomic mass is 10.3. The van der Waals surface area contributed by atoms with Gasteiger partial charge in [-0.25, -0.2) is 4.98 Å². The van der Waals surface area contributed by atoms with E-state index in [1.807, 2.05) is 19.1 Å². The molecule has 0 aliphatic heterocycles. The quantitative estimate of drug-likeness (QED) is 0.562. The van der Waals surface area contributed by atoms with Crippen LogP contribution >= 0.6 is 27.3 Å². The van der Waals surface area contributed by atoms with Gasteiger partial charge in [-0.3, -0.25) is 10.1 Å². The van der Waals surface area contributed by atoms with Crippen LogP contribution < -0.4 is 10.6 Å². The molecule has 2 aromatic heterocycles. The van der Waals surface area contributed by atoms with Gasteiger partial charge in [-0.1, -0.05) is 6.92 Å². The molecule has 2 N–H and O–H groups in total. The summed E-state index contributed by atoms with van der Waals surface area (Å²) in [5.41, 5.74) is 0.0264. The highest BCUT2D eigenvalue weighted by Gasteiger charge is 2.11. The summed E-state index contributed by atoms with van der Waals surface area (Å²) in [5, 5.41) is 17.2. The molecule has 8 heteroatoms. The zero-order valence-corrected chi connectivity index (χ0v) is 13.8. The molecule has 0 fully saturated rings. The largest absolute Gasteiger partial charge is 0.370 e. The summed E-state index contributed by atoms with van der Waals surface area (Å²) >= 11 is 5.02. The molecule has 0 aromatic carbocycles. The van der Waals surface area contributed by atoms with Crippen molar-refractivity contribution in [3.8, 4) is 0 Å². The summed E-state index contributed by atoms with van der Waals surface area (Å²) in [4.78, 5) is 16.0. The van der Waals surface area contributed by atoms with Crippen molar-refractivity contribution in [2.24, 2.45) is 0 Å². The monoisotopic (exact) mass is 370 g/mol. The van der Waals surface area contributed by atoms with E-state index in [0.29, 0.717) is 18.2 Å². The van der Waals surface area contributed by atoms with E-state index in [1.165, 1.54) is 12.1 Å². The zero-order chi connectivity index (χ0) is 15.2. The average Bonchev–Trinajstić information content (AvgIpc) is 2.88. The molecular weight excluding hydrogens is 356 g/mol. The molecule has 0 aliphatic carbocycles. The third kappa shape index (κ3) is 4.68. The van der Waals surface area contributed by atoms with E-state index in [-0.39, 0.29) is 5.69 Å². The minimum atomic E-state index is -0.411. The van der Waals surface area contributed by atoms with Gasteiger partial charge in [0.2, 0.25) is 0 Å². The van der Waals surface area contributed by atoms with Crippen LogP contribution in [-0.4, -0.2) is 16.5 Å². The summed E-state index contributed by atoms with van der Waals surface area (Å²) in [7, 11) is 0. The van der Waals surface area contributed by atoms with Crippen molar-refractivity contribution in [2.75, 3.05) is 17.2 Å². The van der Waals surface area contributed by atoms with Gasteiger partial charge in [0.15, 0.2) is 0 Å². The fourth-order valence-electron chi connectivity index (χ4n) is 1.68. The van der Waals surface area contributed by atoms with Crippen LogP contribution in [-0.2, 0) is 6.54 Å². The Morgan fingerprint density at radius 1 is 1.33 bits per heavy atom. The molecule has 0 unspecified atom stereocenters. The van der Waals surface area contributed by atoms with Crippen LogP contribution in [0.5, 0.6) is 0 Å². The summed E-state index contributed by atoms with van der Waals surface area (Å²) in [5.74, 6) is 1.01. The van der Waals surface area contributed by atoms with E-state index in [9.17, 15) is 10.1 Å². The number of thiophene rings is 1. The SMILES string of the molecule is CCCNc1cc([N+](=O)[O-])cc(NCc2ccc(Br)s2)n1. The van der Waals surface area contributed by atoms with Crippen LogP contribution in [0.3, 0.4) is 0 Å². The Hall–Kier alpha value is -1.67. The lowest BCUT2D eigenvalue weighted by Gasteiger charge is -2.08. The second-order valence-corrected chi connectivity index (χ2v) is 6.89. The first-order valence-electron chi connectivity index (χ1n) is 6.47.